The van der Waals surface area contributed by atoms with Gasteiger partial charge in [-0.2, -0.15) is 0 Å². The van der Waals surface area contributed by atoms with Crippen LogP contribution in [0.3, 0.4) is 0 Å². The first kappa shape index (κ1) is 22.0. The number of aryl methyl sites for hydroxylation is 1. The van der Waals surface area contributed by atoms with Gasteiger partial charge in [0.05, 0.1) is 24.1 Å². The summed E-state index contributed by atoms with van der Waals surface area (Å²) in [5.74, 6) is -0.512. The Morgan fingerprint density at radius 3 is 2.09 bits per heavy atom. The van der Waals surface area contributed by atoms with E-state index in [-0.39, 0.29) is 11.4 Å². The highest BCUT2D eigenvalue weighted by Gasteiger charge is 2.17. The van der Waals surface area contributed by atoms with Crippen LogP contribution < -0.4 is 10.0 Å². The minimum absolute atomic E-state index is 0.00588. The van der Waals surface area contributed by atoms with E-state index in [9.17, 15) is 18.3 Å². The fourth-order valence-corrected chi connectivity index (χ4v) is 4.71. The predicted octanol–water partition coefficient (Wildman–Crippen LogP) is 2.56. The largest absolute Gasteiger partial charge is 0.389 e. The van der Waals surface area contributed by atoms with E-state index in [1.54, 1.807) is 12.1 Å². The van der Waals surface area contributed by atoms with E-state index in [0.29, 0.717) is 6.54 Å². The van der Waals surface area contributed by atoms with Crippen molar-refractivity contribution in [2.75, 3.05) is 13.1 Å². The van der Waals surface area contributed by atoms with Crippen LogP contribution in [0.1, 0.15) is 5.56 Å². The second kappa shape index (κ2) is 9.12. The topological polar surface area (TPSA) is 100 Å². The molecule has 1 atom stereocenters. The molecular formula is C24H25N3O4S. The molecule has 3 aromatic carbocycles. The van der Waals surface area contributed by atoms with Crippen LogP contribution in [0, 0.1) is 6.92 Å². The normalized spacial score (nSPS) is 12.8. The summed E-state index contributed by atoms with van der Waals surface area (Å²) >= 11 is 0. The van der Waals surface area contributed by atoms with Crippen molar-refractivity contribution < 1.29 is 18.3 Å². The van der Waals surface area contributed by atoms with Gasteiger partial charge in [0.2, 0.25) is 15.9 Å². The number of aromatic nitrogens is 1. The standard InChI is InChI=1S/C24H25N3O4S/c1-17-10-12-19(13-11-17)32(30,31)26-15-24(29)25-14-18(28)16-27-22-8-4-2-6-20(22)21-7-3-5-9-23(21)27/h2-13,18,26,28H,14-16H2,1H3,(H,25,29). The number of nitrogens with one attached hydrogen (secondary N) is 2. The summed E-state index contributed by atoms with van der Waals surface area (Å²) in [4.78, 5) is 12.3. The minimum Gasteiger partial charge on any atom is -0.389 e. The lowest BCUT2D eigenvalue weighted by molar-refractivity contribution is -0.120. The van der Waals surface area contributed by atoms with Crippen molar-refractivity contribution in [2.45, 2.75) is 24.5 Å². The van der Waals surface area contributed by atoms with Crippen LogP contribution in [0.4, 0.5) is 0 Å². The number of hydrogen-bond donors (Lipinski definition) is 3. The van der Waals surface area contributed by atoms with E-state index < -0.39 is 28.6 Å². The maximum atomic E-state index is 12.3. The molecule has 0 fully saturated rings. The summed E-state index contributed by atoms with van der Waals surface area (Å²) in [5.41, 5.74) is 2.95. The molecule has 4 aromatic rings. The third-order valence-electron chi connectivity index (χ3n) is 5.36. The number of aliphatic hydroxyl groups excluding tert-OH is 1. The van der Waals surface area contributed by atoms with Crippen molar-refractivity contribution in [2.24, 2.45) is 0 Å². The minimum atomic E-state index is -3.78. The number of sulfonamides is 1. The molecule has 1 unspecified atom stereocenters. The van der Waals surface area contributed by atoms with E-state index in [4.69, 9.17) is 0 Å². The fourth-order valence-electron chi connectivity index (χ4n) is 3.73. The maximum absolute atomic E-state index is 12.3. The number of carbonyl (C=O) groups is 1. The van der Waals surface area contributed by atoms with Crippen molar-refractivity contribution >= 4 is 37.7 Å². The Morgan fingerprint density at radius 2 is 1.50 bits per heavy atom. The molecule has 0 saturated carbocycles. The Balaban J connectivity index is 1.36. The molecular weight excluding hydrogens is 426 g/mol. The van der Waals surface area contributed by atoms with Crippen molar-refractivity contribution in [1.29, 1.82) is 0 Å². The smallest absolute Gasteiger partial charge is 0.241 e. The SMILES string of the molecule is Cc1ccc(S(=O)(=O)NCC(=O)NCC(O)Cn2c3ccccc3c3ccccc32)cc1. The molecule has 7 nitrogen and oxygen atoms in total. The number of fused-ring (bicyclic) bond motifs is 3. The molecule has 4 rings (SSSR count). The van der Waals surface area contributed by atoms with Gasteiger partial charge in [-0.1, -0.05) is 54.1 Å². The second-order valence-corrected chi connectivity index (χ2v) is 9.51. The lowest BCUT2D eigenvalue weighted by Gasteiger charge is -2.15. The average molecular weight is 452 g/mol. The van der Waals surface area contributed by atoms with Gasteiger partial charge in [-0.05, 0) is 31.2 Å². The van der Waals surface area contributed by atoms with E-state index >= 15 is 0 Å². The lowest BCUT2D eigenvalue weighted by Crippen LogP contribution is -2.40. The number of nitrogens with zero attached hydrogens (tertiary/aromatic N) is 1. The Morgan fingerprint density at radius 1 is 0.938 bits per heavy atom. The zero-order valence-corrected chi connectivity index (χ0v) is 18.5. The van der Waals surface area contributed by atoms with Crippen LogP contribution in [0.25, 0.3) is 21.8 Å². The van der Waals surface area contributed by atoms with Gasteiger partial charge in [-0.3, -0.25) is 4.79 Å². The highest BCUT2D eigenvalue weighted by Crippen LogP contribution is 2.28. The molecule has 0 saturated heterocycles. The van der Waals surface area contributed by atoms with Crippen molar-refractivity contribution in [3.8, 4) is 0 Å². The summed E-state index contributed by atoms with van der Waals surface area (Å²) in [6, 6.07) is 22.3. The van der Waals surface area contributed by atoms with Gasteiger partial charge in [-0.15, -0.1) is 0 Å². The van der Waals surface area contributed by atoms with Gasteiger partial charge in [0.25, 0.3) is 0 Å². The third kappa shape index (κ3) is 4.67. The second-order valence-electron chi connectivity index (χ2n) is 7.74. The number of aliphatic hydroxyl groups is 1. The van der Waals surface area contributed by atoms with Crippen molar-refractivity contribution in [3.05, 3.63) is 78.4 Å². The highest BCUT2D eigenvalue weighted by molar-refractivity contribution is 7.89. The van der Waals surface area contributed by atoms with Gasteiger partial charge in [0.1, 0.15) is 0 Å². The molecule has 0 spiro atoms. The molecule has 32 heavy (non-hydrogen) atoms. The molecule has 0 bridgehead atoms. The third-order valence-corrected chi connectivity index (χ3v) is 6.78. The van der Waals surface area contributed by atoms with Gasteiger partial charge >= 0.3 is 0 Å². The van der Waals surface area contributed by atoms with E-state index in [1.165, 1.54) is 12.1 Å². The number of benzene rings is 3. The number of amides is 1. The van der Waals surface area contributed by atoms with Gasteiger partial charge < -0.3 is 15.0 Å². The Hall–Kier alpha value is -3.20. The molecule has 0 radical (unpaired) electrons. The van der Waals surface area contributed by atoms with Gasteiger partial charge in [-0.25, -0.2) is 13.1 Å². The molecule has 0 aliphatic heterocycles. The molecule has 8 heteroatoms. The molecule has 0 aliphatic carbocycles. The zero-order valence-electron chi connectivity index (χ0n) is 17.7. The number of hydrogen-bond acceptors (Lipinski definition) is 4. The Labute approximate surface area is 186 Å². The number of para-hydroxylation sites is 2. The van der Waals surface area contributed by atoms with Crippen LogP contribution in [0.2, 0.25) is 0 Å². The van der Waals surface area contributed by atoms with Crippen LogP contribution in [0.15, 0.2) is 77.7 Å². The van der Waals surface area contributed by atoms with Gasteiger partial charge in [0.15, 0.2) is 0 Å². The first-order valence-electron chi connectivity index (χ1n) is 10.3. The van der Waals surface area contributed by atoms with Crippen molar-refractivity contribution in [1.82, 2.24) is 14.6 Å². The van der Waals surface area contributed by atoms with E-state index in [0.717, 1.165) is 27.4 Å². The molecule has 0 aliphatic rings. The first-order valence-corrected chi connectivity index (χ1v) is 11.8. The van der Waals surface area contributed by atoms with Crippen molar-refractivity contribution in [3.63, 3.8) is 0 Å². The first-order chi connectivity index (χ1) is 15.3. The molecule has 1 amide bonds. The summed E-state index contributed by atoms with van der Waals surface area (Å²) in [6.45, 7) is 1.76. The maximum Gasteiger partial charge on any atom is 0.241 e. The quantitative estimate of drug-likeness (QED) is 0.383. The number of rotatable bonds is 8. The van der Waals surface area contributed by atoms with Crippen LogP contribution >= 0.6 is 0 Å². The highest BCUT2D eigenvalue weighted by atomic mass is 32.2. The number of carbonyl (C=O) groups excluding carboxylic acids is 1. The monoisotopic (exact) mass is 451 g/mol. The van der Waals surface area contributed by atoms with E-state index in [1.807, 2.05) is 60.0 Å². The van der Waals surface area contributed by atoms with Crippen LogP contribution in [0.5, 0.6) is 0 Å². The lowest BCUT2D eigenvalue weighted by atomic mass is 10.2. The predicted molar refractivity (Wildman–Crippen MR) is 125 cm³/mol. The summed E-state index contributed by atoms with van der Waals surface area (Å²) in [7, 11) is -3.78. The molecule has 1 heterocycles. The summed E-state index contributed by atoms with van der Waals surface area (Å²) < 4.78 is 28.9. The van der Waals surface area contributed by atoms with E-state index in [2.05, 4.69) is 10.0 Å². The molecule has 3 N–H and O–H groups in total. The zero-order chi connectivity index (χ0) is 22.7. The van der Waals surface area contributed by atoms with Gasteiger partial charge in [0, 0.05) is 28.4 Å². The van der Waals surface area contributed by atoms with Crippen LogP contribution in [-0.2, 0) is 21.4 Å². The Kier molecular flexibility index (Phi) is 6.27. The molecule has 166 valence electrons. The average Bonchev–Trinajstić information content (AvgIpc) is 3.10. The summed E-state index contributed by atoms with van der Waals surface area (Å²) in [5, 5.41) is 15.3. The summed E-state index contributed by atoms with van der Waals surface area (Å²) in [6.07, 6.45) is -0.841. The fraction of sp³-hybridized carbons (Fsp3) is 0.208. The van der Waals surface area contributed by atoms with Crippen LogP contribution in [-0.4, -0.2) is 43.2 Å². The molecule has 1 aromatic heterocycles. The Bertz CT molecular complexity index is 1310.